The van der Waals surface area contributed by atoms with Gasteiger partial charge in [0.25, 0.3) is 0 Å². The second-order valence-corrected chi connectivity index (χ2v) is 10.3. The van der Waals surface area contributed by atoms with Crippen LogP contribution in [0.3, 0.4) is 0 Å². The highest BCUT2D eigenvalue weighted by molar-refractivity contribution is 6.02. The number of hydrogen-bond donors (Lipinski definition) is 0. The van der Waals surface area contributed by atoms with Crippen LogP contribution >= 0.6 is 0 Å². The molecule has 200 valence electrons. The van der Waals surface area contributed by atoms with E-state index in [0.29, 0.717) is 0 Å². The van der Waals surface area contributed by atoms with Gasteiger partial charge in [-0.25, -0.2) is 0 Å². The third kappa shape index (κ3) is 5.02. The number of nitrogens with zero attached hydrogens (tertiary/aromatic N) is 2. The van der Waals surface area contributed by atoms with E-state index in [-0.39, 0.29) is 0 Å². The lowest BCUT2D eigenvalue weighted by Gasteiger charge is -2.28. The molecular weight excluding hydrogens is 508 g/mol. The van der Waals surface area contributed by atoms with Crippen LogP contribution in [-0.2, 0) is 0 Å². The summed E-state index contributed by atoms with van der Waals surface area (Å²) in [6.07, 6.45) is 0. The SMILES string of the molecule is c1ccc(N(c2ccccc2)c2ccc(-c3cc(N(c4ccccc4)c4ccccc4)c4ccccc4c3)cc2)cc1. The van der Waals surface area contributed by atoms with Crippen LogP contribution in [0.15, 0.2) is 182 Å². The molecule has 0 atom stereocenters. The first-order valence-corrected chi connectivity index (χ1v) is 14.3. The van der Waals surface area contributed by atoms with Crippen LogP contribution in [0.4, 0.5) is 34.1 Å². The third-order valence-corrected chi connectivity index (χ3v) is 7.60. The van der Waals surface area contributed by atoms with Gasteiger partial charge in [0.15, 0.2) is 0 Å². The van der Waals surface area contributed by atoms with Gasteiger partial charge in [-0.3, -0.25) is 0 Å². The fourth-order valence-corrected chi connectivity index (χ4v) is 5.63. The summed E-state index contributed by atoms with van der Waals surface area (Å²) in [7, 11) is 0. The summed E-state index contributed by atoms with van der Waals surface area (Å²) in [6, 6.07) is 64.5. The van der Waals surface area contributed by atoms with Crippen molar-refractivity contribution in [3.8, 4) is 11.1 Å². The van der Waals surface area contributed by atoms with Crippen LogP contribution in [0.2, 0.25) is 0 Å². The first-order chi connectivity index (χ1) is 20.8. The molecule has 0 aliphatic heterocycles. The number of anilines is 6. The quantitative estimate of drug-likeness (QED) is 0.199. The van der Waals surface area contributed by atoms with Gasteiger partial charge in [0.05, 0.1) is 5.69 Å². The van der Waals surface area contributed by atoms with Gasteiger partial charge in [0, 0.05) is 33.8 Å². The van der Waals surface area contributed by atoms with Gasteiger partial charge in [-0.05, 0) is 89.3 Å². The molecular formula is C40H30N2. The standard InChI is InChI=1S/C40H30N2/c1-5-16-34(17-6-1)41(35-18-7-2-8-19-35)38-27-25-31(26-28-38)33-29-32-15-13-14-24-39(32)40(30-33)42(36-20-9-3-10-21-36)37-22-11-4-12-23-37/h1-30H. The maximum absolute atomic E-state index is 2.35. The highest BCUT2D eigenvalue weighted by Crippen LogP contribution is 2.42. The van der Waals surface area contributed by atoms with Crippen molar-refractivity contribution in [2.24, 2.45) is 0 Å². The monoisotopic (exact) mass is 538 g/mol. The lowest BCUT2D eigenvalue weighted by atomic mass is 9.98. The molecule has 0 amide bonds. The average Bonchev–Trinajstić information content (AvgIpc) is 3.07. The summed E-state index contributed by atoms with van der Waals surface area (Å²) >= 11 is 0. The van der Waals surface area contributed by atoms with Gasteiger partial charge in [-0.2, -0.15) is 0 Å². The molecule has 2 nitrogen and oxygen atoms in total. The molecule has 7 aromatic carbocycles. The fourth-order valence-electron chi connectivity index (χ4n) is 5.63. The van der Waals surface area contributed by atoms with Crippen LogP contribution < -0.4 is 9.80 Å². The molecule has 0 aliphatic carbocycles. The molecule has 7 rings (SSSR count). The fraction of sp³-hybridized carbons (Fsp3) is 0. The number of rotatable bonds is 7. The predicted octanol–water partition coefficient (Wildman–Crippen LogP) is 11.4. The van der Waals surface area contributed by atoms with Gasteiger partial charge in [0.1, 0.15) is 0 Å². The number of benzene rings is 7. The molecule has 42 heavy (non-hydrogen) atoms. The first kappa shape index (κ1) is 25.4. The van der Waals surface area contributed by atoms with Gasteiger partial charge in [-0.1, -0.05) is 109 Å². The van der Waals surface area contributed by atoms with Gasteiger partial charge >= 0.3 is 0 Å². The topological polar surface area (TPSA) is 6.48 Å². The molecule has 0 bridgehead atoms. The normalized spacial score (nSPS) is 10.9. The predicted molar refractivity (Wildman–Crippen MR) is 179 cm³/mol. The third-order valence-electron chi connectivity index (χ3n) is 7.60. The molecule has 0 unspecified atom stereocenters. The minimum atomic E-state index is 1.12. The van der Waals surface area contributed by atoms with Crippen LogP contribution in [0.25, 0.3) is 21.9 Å². The zero-order valence-electron chi connectivity index (χ0n) is 23.2. The summed E-state index contributed by atoms with van der Waals surface area (Å²) in [6.45, 7) is 0. The molecule has 7 aromatic rings. The Bertz CT molecular complexity index is 1820. The zero-order chi connectivity index (χ0) is 28.1. The summed E-state index contributed by atoms with van der Waals surface area (Å²) in [5.41, 5.74) is 9.14. The molecule has 0 spiro atoms. The molecule has 0 aliphatic rings. The Balaban J connectivity index is 1.35. The van der Waals surface area contributed by atoms with E-state index in [1.54, 1.807) is 0 Å². The van der Waals surface area contributed by atoms with E-state index in [2.05, 4.69) is 192 Å². The Morgan fingerprint density at radius 3 is 1.19 bits per heavy atom. The Labute approximate surface area is 247 Å². The second-order valence-electron chi connectivity index (χ2n) is 10.3. The smallest absolute Gasteiger partial charge is 0.0546 e. The highest BCUT2D eigenvalue weighted by Gasteiger charge is 2.17. The van der Waals surface area contributed by atoms with E-state index in [1.165, 1.54) is 21.9 Å². The van der Waals surface area contributed by atoms with E-state index in [0.717, 1.165) is 34.1 Å². The van der Waals surface area contributed by atoms with E-state index >= 15 is 0 Å². The molecule has 0 heterocycles. The van der Waals surface area contributed by atoms with Crippen molar-refractivity contribution in [1.29, 1.82) is 0 Å². The Morgan fingerprint density at radius 2 is 0.690 bits per heavy atom. The van der Waals surface area contributed by atoms with Crippen molar-refractivity contribution in [1.82, 2.24) is 0 Å². The van der Waals surface area contributed by atoms with E-state index in [1.807, 2.05) is 0 Å². The Hall–Kier alpha value is -5.60. The van der Waals surface area contributed by atoms with Crippen molar-refractivity contribution in [2.45, 2.75) is 0 Å². The van der Waals surface area contributed by atoms with Gasteiger partial charge in [-0.15, -0.1) is 0 Å². The van der Waals surface area contributed by atoms with Crippen LogP contribution in [0.5, 0.6) is 0 Å². The molecule has 0 aromatic heterocycles. The van der Waals surface area contributed by atoms with E-state index < -0.39 is 0 Å². The lowest BCUT2D eigenvalue weighted by Crippen LogP contribution is -2.10. The van der Waals surface area contributed by atoms with E-state index in [9.17, 15) is 0 Å². The minimum absolute atomic E-state index is 1.12. The van der Waals surface area contributed by atoms with Crippen LogP contribution in [0.1, 0.15) is 0 Å². The largest absolute Gasteiger partial charge is 0.311 e. The second kappa shape index (κ2) is 11.5. The molecule has 0 N–H and O–H groups in total. The Morgan fingerprint density at radius 1 is 0.286 bits per heavy atom. The summed E-state index contributed by atoms with van der Waals surface area (Å²) < 4.78 is 0. The Kier molecular flexibility index (Phi) is 6.94. The van der Waals surface area contributed by atoms with Crippen LogP contribution in [0, 0.1) is 0 Å². The molecule has 0 radical (unpaired) electrons. The van der Waals surface area contributed by atoms with Crippen molar-refractivity contribution in [2.75, 3.05) is 9.80 Å². The minimum Gasteiger partial charge on any atom is -0.311 e. The zero-order valence-corrected chi connectivity index (χ0v) is 23.2. The summed E-state index contributed by atoms with van der Waals surface area (Å²) in [5.74, 6) is 0. The molecule has 0 saturated carbocycles. The highest BCUT2D eigenvalue weighted by atomic mass is 15.1. The number of hydrogen-bond acceptors (Lipinski definition) is 2. The molecule has 0 fully saturated rings. The lowest BCUT2D eigenvalue weighted by molar-refractivity contribution is 1.28. The van der Waals surface area contributed by atoms with Crippen molar-refractivity contribution >= 4 is 44.9 Å². The molecule has 2 heteroatoms. The van der Waals surface area contributed by atoms with Crippen molar-refractivity contribution in [3.05, 3.63) is 182 Å². The van der Waals surface area contributed by atoms with Crippen molar-refractivity contribution < 1.29 is 0 Å². The molecule has 0 saturated heterocycles. The first-order valence-electron chi connectivity index (χ1n) is 14.3. The van der Waals surface area contributed by atoms with Gasteiger partial charge < -0.3 is 9.80 Å². The maximum Gasteiger partial charge on any atom is 0.0546 e. The summed E-state index contributed by atoms with van der Waals surface area (Å²) in [5, 5.41) is 2.42. The van der Waals surface area contributed by atoms with Crippen molar-refractivity contribution in [3.63, 3.8) is 0 Å². The maximum atomic E-state index is 2.35. The average molecular weight is 539 g/mol. The number of para-hydroxylation sites is 4. The number of fused-ring (bicyclic) bond motifs is 1. The van der Waals surface area contributed by atoms with E-state index in [4.69, 9.17) is 0 Å². The van der Waals surface area contributed by atoms with Gasteiger partial charge in [0.2, 0.25) is 0 Å². The summed E-state index contributed by atoms with van der Waals surface area (Å²) in [4.78, 5) is 4.65. The van der Waals surface area contributed by atoms with Crippen LogP contribution in [-0.4, -0.2) is 0 Å².